The lowest BCUT2D eigenvalue weighted by Gasteiger charge is -2.08. The third-order valence-corrected chi connectivity index (χ3v) is 2.85. The number of allylic oxidation sites excluding steroid dienone is 1. The Morgan fingerprint density at radius 1 is 1.31 bits per heavy atom. The molecule has 0 unspecified atom stereocenters. The van der Waals surface area contributed by atoms with Gasteiger partial charge >= 0.3 is 15.6 Å². The van der Waals surface area contributed by atoms with E-state index in [1.807, 2.05) is 6.92 Å². The summed E-state index contributed by atoms with van der Waals surface area (Å²) in [4.78, 5) is 0. The Labute approximate surface area is 93.4 Å². The summed E-state index contributed by atoms with van der Waals surface area (Å²) in [6.45, 7) is 3.66. The van der Waals surface area contributed by atoms with Gasteiger partial charge in [0.15, 0.2) is 0 Å². The SMILES string of the molecule is CCCC/C(=C/OS(=O)(=O)C(F)(F)F)CC. The van der Waals surface area contributed by atoms with E-state index < -0.39 is 15.6 Å². The smallest absolute Gasteiger partial charge is 0.384 e. The highest BCUT2D eigenvalue weighted by Crippen LogP contribution is 2.25. The van der Waals surface area contributed by atoms with Crippen molar-refractivity contribution in [2.75, 3.05) is 0 Å². The lowest BCUT2D eigenvalue weighted by Crippen LogP contribution is -2.23. The maximum absolute atomic E-state index is 11.9. The minimum Gasteiger partial charge on any atom is -0.384 e. The molecule has 0 aromatic carbocycles. The van der Waals surface area contributed by atoms with Crippen LogP contribution in [0.3, 0.4) is 0 Å². The molecule has 0 N–H and O–H groups in total. The topological polar surface area (TPSA) is 43.4 Å². The second kappa shape index (κ2) is 6.12. The van der Waals surface area contributed by atoms with Crippen LogP contribution in [0.15, 0.2) is 11.8 Å². The Hall–Kier alpha value is -0.720. The zero-order chi connectivity index (χ0) is 12.8. The van der Waals surface area contributed by atoms with E-state index in [-0.39, 0.29) is 0 Å². The number of halogens is 3. The van der Waals surface area contributed by atoms with Crippen molar-refractivity contribution in [3.63, 3.8) is 0 Å². The first-order chi connectivity index (χ1) is 7.24. The number of hydrogen-bond donors (Lipinski definition) is 0. The van der Waals surface area contributed by atoms with Crippen LogP contribution in [-0.4, -0.2) is 13.9 Å². The molecule has 0 rings (SSSR count). The molecule has 0 amide bonds. The zero-order valence-corrected chi connectivity index (χ0v) is 9.99. The van der Waals surface area contributed by atoms with Crippen molar-refractivity contribution in [1.29, 1.82) is 0 Å². The van der Waals surface area contributed by atoms with Crippen LogP contribution in [0.25, 0.3) is 0 Å². The van der Waals surface area contributed by atoms with Crippen LogP contribution in [0.4, 0.5) is 13.2 Å². The van der Waals surface area contributed by atoms with Gasteiger partial charge in [-0.2, -0.15) is 21.6 Å². The summed E-state index contributed by atoms with van der Waals surface area (Å²) in [7, 11) is -5.50. The van der Waals surface area contributed by atoms with Crippen molar-refractivity contribution in [2.24, 2.45) is 0 Å². The molecule has 0 heterocycles. The number of alkyl halides is 3. The van der Waals surface area contributed by atoms with Crippen LogP contribution in [0.2, 0.25) is 0 Å². The molecule has 7 heteroatoms. The molecular weight excluding hydrogens is 245 g/mol. The molecule has 0 bridgehead atoms. The molecule has 0 aliphatic rings. The van der Waals surface area contributed by atoms with Crippen molar-refractivity contribution < 1.29 is 25.8 Å². The molecule has 3 nitrogen and oxygen atoms in total. The van der Waals surface area contributed by atoms with Crippen molar-refractivity contribution in [2.45, 2.75) is 45.0 Å². The molecule has 0 aromatic heterocycles. The Morgan fingerprint density at radius 2 is 1.88 bits per heavy atom. The predicted octanol–water partition coefficient (Wildman–Crippen LogP) is 3.34. The van der Waals surface area contributed by atoms with Crippen molar-refractivity contribution in [3.05, 3.63) is 11.8 Å². The Bertz CT molecular complexity index is 330. The van der Waals surface area contributed by atoms with Gasteiger partial charge in [-0.1, -0.05) is 20.3 Å². The van der Waals surface area contributed by atoms with Crippen LogP contribution in [-0.2, 0) is 14.3 Å². The fourth-order valence-electron chi connectivity index (χ4n) is 0.909. The predicted molar refractivity (Wildman–Crippen MR) is 54.0 cm³/mol. The highest BCUT2D eigenvalue weighted by molar-refractivity contribution is 7.87. The molecule has 0 atom stereocenters. The number of unbranched alkanes of at least 4 members (excludes halogenated alkanes) is 1. The first-order valence-corrected chi connectivity index (χ1v) is 6.33. The minimum atomic E-state index is -5.50. The minimum absolute atomic E-state index is 0.466. The molecule has 96 valence electrons. The fourth-order valence-corrected chi connectivity index (χ4v) is 1.28. The van der Waals surface area contributed by atoms with E-state index in [1.54, 1.807) is 6.92 Å². The van der Waals surface area contributed by atoms with Gasteiger partial charge < -0.3 is 4.18 Å². The van der Waals surface area contributed by atoms with Crippen LogP contribution < -0.4 is 0 Å². The molecule has 0 saturated heterocycles. The Kier molecular flexibility index (Phi) is 5.85. The average molecular weight is 260 g/mol. The van der Waals surface area contributed by atoms with Gasteiger partial charge in [0.25, 0.3) is 0 Å². The summed E-state index contributed by atoms with van der Waals surface area (Å²) in [5.74, 6) is 0. The van der Waals surface area contributed by atoms with Crippen LogP contribution >= 0.6 is 0 Å². The second-order valence-electron chi connectivity index (χ2n) is 3.23. The van der Waals surface area contributed by atoms with Crippen molar-refractivity contribution >= 4 is 10.1 Å². The lowest BCUT2D eigenvalue weighted by molar-refractivity contribution is -0.0515. The molecule has 16 heavy (non-hydrogen) atoms. The quantitative estimate of drug-likeness (QED) is 0.418. The van der Waals surface area contributed by atoms with E-state index in [0.29, 0.717) is 24.7 Å². The van der Waals surface area contributed by atoms with E-state index >= 15 is 0 Å². The highest BCUT2D eigenvalue weighted by Gasteiger charge is 2.47. The summed E-state index contributed by atoms with van der Waals surface area (Å²) >= 11 is 0. The van der Waals surface area contributed by atoms with Gasteiger partial charge in [-0.25, -0.2) is 0 Å². The van der Waals surface area contributed by atoms with Crippen molar-refractivity contribution in [1.82, 2.24) is 0 Å². The molecular formula is C9H15F3O3S. The molecule has 0 aromatic rings. The monoisotopic (exact) mass is 260 g/mol. The first-order valence-electron chi connectivity index (χ1n) is 4.92. The second-order valence-corrected chi connectivity index (χ2v) is 4.79. The molecule has 0 spiro atoms. The first kappa shape index (κ1) is 15.3. The maximum atomic E-state index is 11.9. The fraction of sp³-hybridized carbons (Fsp3) is 0.778. The lowest BCUT2D eigenvalue weighted by atomic mass is 10.1. The maximum Gasteiger partial charge on any atom is 0.534 e. The van der Waals surface area contributed by atoms with Crippen molar-refractivity contribution in [3.8, 4) is 0 Å². The summed E-state index contributed by atoms with van der Waals surface area (Å²) in [6, 6.07) is 0. The Balaban J connectivity index is 4.55. The van der Waals surface area contributed by atoms with Crippen LogP contribution in [0.1, 0.15) is 39.5 Å². The van der Waals surface area contributed by atoms with Crippen LogP contribution in [0, 0.1) is 0 Å². The summed E-state index contributed by atoms with van der Waals surface area (Å²) in [6.07, 6.45) is 3.37. The number of hydrogen-bond acceptors (Lipinski definition) is 3. The summed E-state index contributed by atoms with van der Waals surface area (Å²) < 4.78 is 60.6. The van der Waals surface area contributed by atoms with Gasteiger partial charge in [-0.15, -0.1) is 0 Å². The molecule has 0 aliphatic heterocycles. The molecule has 0 fully saturated rings. The zero-order valence-electron chi connectivity index (χ0n) is 9.17. The van der Waals surface area contributed by atoms with E-state index in [0.717, 1.165) is 12.8 Å². The largest absolute Gasteiger partial charge is 0.534 e. The molecule has 0 saturated carbocycles. The van der Waals surface area contributed by atoms with Gasteiger partial charge in [0.2, 0.25) is 0 Å². The Morgan fingerprint density at radius 3 is 2.25 bits per heavy atom. The van der Waals surface area contributed by atoms with Gasteiger partial charge in [0, 0.05) is 0 Å². The number of rotatable bonds is 6. The average Bonchev–Trinajstić information content (AvgIpc) is 2.16. The molecule has 0 radical (unpaired) electrons. The van der Waals surface area contributed by atoms with E-state index in [2.05, 4.69) is 4.18 Å². The summed E-state index contributed by atoms with van der Waals surface area (Å²) in [5.41, 5.74) is -4.82. The third-order valence-electron chi connectivity index (χ3n) is 1.93. The standard InChI is InChI=1S/C9H15F3O3S/c1-3-5-6-8(4-2)7-15-16(13,14)9(10,11)12/h7H,3-6H2,1-2H3/b8-7+. The van der Waals surface area contributed by atoms with E-state index in [1.165, 1.54) is 0 Å². The van der Waals surface area contributed by atoms with E-state index in [9.17, 15) is 21.6 Å². The normalized spacial score (nSPS) is 13.9. The third kappa shape index (κ3) is 4.87. The van der Waals surface area contributed by atoms with E-state index in [4.69, 9.17) is 0 Å². The van der Waals surface area contributed by atoms with Gasteiger partial charge in [-0.3, -0.25) is 0 Å². The van der Waals surface area contributed by atoms with Crippen LogP contribution in [0.5, 0.6) is 0 Å². The van der Waals surface area contributed by atoms with Gasteiger partial charge in [0.05, 0.1) is 0 Å². The summed E-state index contributed by atoms with van der Waals surface area (Å²) in [5, 5.41) is 0. The highest BCUT2D eigenvalue weighted by atomic mass is 32.2. The van der Waals surface area contributed by atoms with Gasteiger partial charge in [0.1, 0.15) is 6.26 Å². The van der Waals surface area contributed by atoms with Gasteiger partial charge in [-0.05, 0) is 24.8 Å². The molecule has 0 aliphatic carbocycles.